The average molecular weight is 517 g/mol. The Hall–Kier alpha value is -5.51. The summed E-state index contributed by atoms with van der Waals surface area (Å²) in [5, 5.41) is 7.05. The quantitative estimate of drug-likeness (QED) is 0.274. The third kappa shape index (κ3) is 5.44. The number of rotatable bonds is 8. The normalized spacial score (nSPS) is 11.3. The van der Waals surface area contributed by atoms with Crippen LogP contribution in [-0.2, 0) is 18.4 Å². The number of carbonyl (C=O) groups is 1. The van der Waals surface area contributed by atoms with Crippen LogP contribution in [0.5, 0.6) is 5.88 Å². The number of imidazole rings is 1. The molecule has 0 atom stereocenters. The van der Waals surface area contributed by atoms with E-state index < -0.39 is 0 Å². The number of anilines is 3. The molecule has 39 heavy (non-hydrogen) atoms. The second-order valence-corrected chi connectivity index (χ2v) is 8.85. The van der Waals surface area contributed by atoms with Crippen molar-refractivity contribution in [3.05, 3.63) is 109 Å². The number of amides is 1. The van der Waals surface area contributed by atoms with E-state index in [4.69, 9.17) is 4.74 Å². The largest absolute Gasteiger partial charge is 0.473 e. The molecule has 4 aromatic heterocycles. The molecule has 2 N–H and O–H groups in total. The van der Waals surface area contributed by atoms with Gasteiger partial charge in [-0.1, -0.05) is 12.1 Å². The van der Waals surface area contributed by atoms with Gasteiger partial charge >= 0.3 is 0 Å². The molecule has 1 amide bonds. The zero-order valence-electron chi connectivity index (χ0n) is 21.0. The topological polar surface area (TPSA) is 111 Å². The molecule has 0 aliphatic rings. The Morgan fingerprint density at radius 3 is 2.69 bits per heavy atom. The van der Waals surface area contributed by atoms with E-state index in [1.807, 2.05) is 83.0 Å². The summed E-state index contributed by atoms with van der Waals surface area (Å²) in [5.41, 5.74) is 4.98. The molecule has 6 aromatic rings. The van der Waals surface area contributed by atoms with E-state index in [-0.39, 0.29) is 5.91 Å². The summed E-state index contributed by atoms with van der Waals surface area (Å²) in [6, 6.07) is 19.1. The maximum absolute atomic E-state index is 12.5. The van der Waals surface area contributed by atoms with Crippen LogP contribution in [0.15, 0.2) is 98.0 Å². The van der Waals surface area contributed by atoms with Crippen LogP contribution in [0.4, 0.5) is 17.2 Å². The summed E-state index contributed by atoms with van der Waals surface area (Å²) in [6.07, 6.45) is 12.0. The summed E-state index contributed by atoms with van der Waals surface area (Å²) in [6.45, 7) is 0.377. The molecule has 0 aliphatic carbocycles. The Balaban J connectivity index is 1.13. The smallest absolute Gasteiger partial charge is 0.248 e. The van der Waals surface area contributed by atoms with Crippen LogP contribution in [-0.4, -0.2) is 34.8 Å². The summed E-state index contributed by atoms with van der Waals surface area (Å²) >= 11 is 0. The highest BCUT2D eigenvalue weighted by molar-refractivity contribution is 6.03. The van der Waals surface area contributed by atoms with Crippen LogP contribution in [0.2, 0.25) is 0 Å². The van der Waals surface area contributed by atoms with E-state index in [0.717, 1.165) is 33.5 Å². The molecule has 0 radical (unpaired) electrons. The van der Waals surface area contributed by atoms with Crippen molar-refractivity contribution in [3.63, 3.8) is 0 Å². The van der Waals surface area contributed by atoms with Crippen molar-refractivity contribution in [2.24, 2.45) is 7.05 Å². The van der Waals surface area contributed by atoms with Crippen molar-refractivity contribution in [1.29, 1.82) is 0 Å². The molecule has 6 rings (SSSR count). The van der Waals surface area contributed by atoms with Crippen LogP contribution in [0.1, 0.15) is 11.3 Å². The van der Waals surface area contributed by atoms with Crippen molar-refractivity contribution < 1.29 is 9.53 Å². The molecule has 0 bridgehead atoms. The van der Waals surface area contributed by atoms with Gasteiger partial charge in [-0.25, -0.2) is 19.9 Å². The predicted octanol–water partition coefficient (Wildman–Crippen LogP) is 4.99. The lowest BCUT2D eigenvalue weighted by molar-refractivity contribution is -0.111. The van der Waals surface area contributed by atoms with Crippen LogP contribution in [0.3, 0.4) is 0 Å². The van der Waals surface area contributed by atoms with Gasteiger partial charge in [0.2, 0.25) is 11.8 Å². The maximum Gasteiger partial charge on any atom is 0.248 e. The average Bonchev–Trinajstić information content (AvgIpc) is 3.60. The fourth-order valence-corrected chi connectivity index (χ4v) is 4.08. The first-order valence-corrected chi connectivity index (χ1v) is 12.2. The van der Waals surface area contributed by atoms with Gasteiger partial charge in [-0.3, -0.25) is 9.20 Å². The standard InChI is InChI=1S/C29H24N8O2/c1-36-13-2-3-23(36)9-11-27(38)34-22-8-10-25-24(15-22)29(32-18-31-25)35-21-6-4-20(5-7-21)17-39-28-16-26-30-12-14-37(26)19-33-28/h2-16,18-19H,17H2,1H3,(H,34,38)(H,31,32,35)/b11-9+. The third-order valence-corrected chi connectivity index (χ3v) is 6.16. The summed E-state index contributed by atoms with van der Waals surface area (Å²) in [5.74, 6) is 0.929. The minimum absolute atomic E-state index is 0.223. The van der Waals surface area contributed by atoms with Gasteiger partial charge in [0.05, 0.1) is 5.52 Å². The molecule has 0 saturated heterocycles. The van der Waals surface area contributed by atoms with Gasteiger partial charge in [-0.05, 0) is 54.1 Å². The molecular formula is C29H24N8O2. The Bertz CT molecular complexity index is 1800. The molecule has 0 spiro atoms. The molecule has 0 fully saturated rings. The molecule has 2 aromatic carbocycles. The lowest BCUT2D eigenvalue weighted by Gasteiger charge is -2.11. The lowest BCUT2D eigenvalue weighted by Crippen LogP contribution is -2.08. The van der Waals surface area contributed by atoms with Crippen molar-refractivity contribution >= 4 is 45.7 Å². The van der Waals surface area contributed by atoms with E-state index in [2.05, 4.69) is 30.6 Å². The number of fused-ring (bicyclic) bond motifs is 2. The Labute approximate surface area is 223 Å². The SMILES string of the molecule is Cn1cccc1/C=C/C(=O)Nc1ccc2ncnc(Nc3ccc(COc4cc5nccn5cn4)cc3)c2c1. The van der Waals surface area contributed by atoms with Gasteiger partial charge in [0.15, 0.2) is 0 Å². The predicted molar refractivity (Wildman–Crippen MR) is 150 cm³/mol. The van der Waals surface area contributed by atoms with Crippen LogP contribution < -0.4 is 15.4 Å². The molecule has 10 nitrogen and oxygen atoms in total. The van der Waals surface area contributed by atoms with Crippen molar-refractivity contribution in [2.75, 3.05) is 10.6 Å². The number of aromatic nitrogens is 6. The van der Waals surface area contributed by atoms with Gasteiger partial charge in [-0.2, -0.15) is 0 Å². The summed E-state index contributed by atoms with van der Waals surface area (Å²) < 4.78 is 9.59. The summed E-state index contributed by atoms with van der Waals surface area (Å²) in [4.78, 5) is 29.8. The first-order chi connectivity index (χ1) is 19.1. The number of hydrogen-bond acceptors (Lipinski definition) is 7. The Kier molecular flexibility index (Phi) is 6.40. The maximum atomic E-state index is 12.5. The number of nitrogens with one attached hydrogen (secondary N) is 2. The molecule has 192 valence electrons. The molecule has 4 heterocycles. The number of ether oxygens (including phenoxy) is 1. The first kappa shape index (κ1) is 23.9. The lowest BCUT2D eigenvalue weighted by atomic mass is 10.2. The minimum atomic E-state index is -0.223. The zero-order valence-corrected chi connectivity index (χ0v) is 21.0. The van der Waals surface area contributed by atoms with E-state index in [0.29, 0.717) is 24.0 Å². The number of benzene rings is 2. The van der Waals surface area contributed by atoms with Gasteiger partial charge in [0.25, 0.3) is 0 Å². The first-order valence-electron chi connectivity index (χ1n) is 12.2. The fourth-order valence-electron chi connectivity index (χ4n) is 4.08. The van der Waals surface area contributed by atoms with E-state index in [1.165, 1.54) is 12.4 Å². The van der Waals surface area contributed by atoms with Crippen molar-refractivity contribution in [1.82, 2.24) is 28.9 Å². The number of hydrogen-bond donors (Lipinski definition) is 2. The second kappa shape index (κ2) is 10.5. The van der Waals surface area contributed by atoms with Gasteiger partial charge in [-0.15, -0.1) is 0 Å². The number of aryl methyl sites for hydroxylation is 1. The van der Waals surface area contributed by atoms with Crippen LogP contribution in [0.25, 0.3) is 22.6 Å². The molecule has 0 aliphatic heterocycles. The number of carbonyl (C=O) groups excluding carboxylic acids is 1. The second-order valence-electron chi connectivity index (χ2n) is 8.85. The highest BCUT2D eigenvalue weighted by Crippen LogP contribution is 2.26. The van der Waals surface area contributed by atoms with Gasteiger partial charge < -0.3 is 19.9 Å². The molecular weight excluding hydrogens is 492 g/mol. The Morgan fingerprint density at radius 2 is 1.85 bits per heavy atom. The zero-order chi connectivity index (χ0) is 26.6. The van der Waals surface area contributed by atoms with Crippen LogP contribution >= 0.6 is 0 Å². The van der Waals surface area contributed by atoms with Gasteiger partial charge in [0, 0.05) is 60.2 Å². The third-order valence-electron chi connectivity index (χ3n) is 6.16. The monoisotopic (exact) mass is 516 g/mol. The highest BCUT2D eigenvalue weighted by atomic mass is 16.5. The minimum Gasteiger partial charge on any atom is -0.473 e. The Morgan fingerprint density at radius 1 is 0.974 bits per heavy atom. The molecule has 0 unspecified atom stereocenters. The molecule has 0 saturated carbocycles. The highest BCUT2D eigenvalue weighted by Gasteiger charge is 2.08. The van der Waals surface area contributed by atoms with E-state index >= 15 is 0 Å². The number of nitrogens with zero attached hydrogens (tertiary/aromatic N) is 6. The van der Waals surface area contributed by atoms with Crippen molar-refractivity contribution in [2.45, 2.75) is 6.61 Å². The van der Waals surface area contributed by atoms with Gasteiger partial charge in [0.1, 0.15) is 30.7 Å². The summed E-state index contributed by atoms with van der Waals surface area (Å²) in [7, 11) is 1.93. The van der Waals surface area contributed by atoms with E-state index in [9.17, 15) is 4.79 Å². The van der Waals surface area contributed by atoms with Crippen LogP contribution in [0, 0.1) is 0 Å². The fraction of sp³-hybridized carbons (Fsp3) is 0.0690. The van der Waals surface area contributed by atoms with E-state index in [1.54, 1.807) is 24.7 Å². The van der Waals surface area contributed by atoms with Crippen molar-refractivity contribution in [3.8, 4) is 5.88 Å². The molecule has 10 heteroatoms.